The van der Waals surface area contributed by atoms with Crippen LogP contribution >= 0.6 is 0 Å². The van der Waals surface area contributed by atoms with Crippen molar-refractivity contribution < 1.29 is 87.7 Å². The number of amides is 1. The molecule has 0 atom stereocenters. The predicted octanol–water partition coefficient (Wildman–Crippen LogP) is -5.57. The van der Waals surface area contributed by atoms with Crippen molar-refractivity contribution in [2.75, 3.05) is 90.5 Å². The minimum absolute atomic E-state index is 0. The maximum atomic E-state index is 13.1. The molecule has 1 saturated heterocycles. The van der Waals surface area contributed by atoms with Gasteiger partial charge in [0.15, 0.2) is 0 Å². The molecule has 17 nitrogen and oxygen atoms in total. The van der Waals surface area contributed by atoms with Gasteiger partial charge in [0, 0.05) is 88.6 Å². The molecular formula is C30H42DyN6O11+. The van der Waals surface area contributed by atoms with Crippen molar-refractivity contribution in [2.24, 2.45) is 0 Å². The van der Waals surface area contributed by atoms with Gasteiger partial charge in [-0.1, -0.05) is 6.07 Å². The Kier molecular flexibility index (Phi) is 18.8. The fourth-order valence-electron chi connectivity index (χ4n) is 5.31. The fraction of sp³-hybridized carbons (Fsp3) is 0.533. The average Bonchev–Trinajstić information content (AvgIpc) is 2.95. The summed E-state index contributed by atoms with van der Waals surface area (Å²) in [5, 5.41) is 37.5. The molecule has 1 aromatic heterocycles. The molecule has 0 bridgehead atoms. The molecule has 0 aliphatic carbocycles. The number of fused-ring (bicyclic) bond motifs is 1. The topological polar surface area (TPSA) is 255 Å². The molecule has 0 saturated carbocycles. The van der Waals surface area contributed by atoms with Gasteiger partial charge < -0.3 is 50.2 Å². The van der Waals surface area contributed by atoms with E-state index < -0.39 is 55.0 Å². The molecule has 18 heteroatoms. The molecule has 48 heavy (non-hydrogen) atoms. The average molecular weight is 825 g/mol. The van der Waals surface area contributed by atoms with Gasteiger partial charge in [0.05, 0.1) is 43.0 Å². The third-order valence-corrected chi connectivity index (χ3v) is 7.66. The third kappa shape index (κ3) is 14.1. The minimum Gasteiger partial charge on any atom is -0.549 e. The number of carbonyl (C=O) groups is 5. The van der Waals surface area contributed by atoms with Crippen molar-refractivity contribution in [3.63, 3.8) is 0 Å². The molecule has 1 aliphatic rings. The zero-order chi connectivity index (χ0) is 33.8. The molecule has 1 amide bonds. The number of hydrogen-bond acceptors (Lipinski definition) is 14. The van der Waals surface area contributed by atoms with Crippen LogP contribution in [0.4, 0.5) is 5.69 Å². The monoisotopic (exact) mass is 826 g/mol. The number of anilines is 1. The maximum absolute atomic E-state index is 13.1. The fourth-order valence-corrected chi connectivity index (χ4v) is 5.31. The Labute approximate surface area is 307 Å². The maximum Gasteiger partial charge on any atom is 3.00 e. The molecule has 5 N–H and O–H groups in total. The van der Waals surface area contributed by atoms with Crippen LogP contribution < -0.4 is 26.2 Å². The normalized spacial score (nSPS) is 15.6. The largest absolute Gasteiger partial charge is 3.00 e. The standard InChI is InChI=1S/C30H42N6O10.Dy.H2O/c1-3-46-29(44)15-23-20(2)22-5-4-21(14-24(22)32-30(23)45)31-25(37)16-33-6-8-34(17-26(38)39)10-12-36(19-28(42)43)13-11-35(9-7-33)18-27(40)41;;/h4-5,14H,3,6-13,15-19H2,1-2H3,(H,31,37)(H,32,45)(H,38,39)(H,40,41)(H,42,43);;1H2/q;+3;/p-2. The summed E-state index contributed by atoms with van der Waals surface area (Å²) in [4.78, 5) is 81.1. The van der Waals surface area contributed by atoms with E-state index in [1.165, 1.54) is 0 Å². The van der Waals surface area contributed by atoms with Gasteiger partial charge >= 0.3 is 44.1 Å². The van der Waals surface area contributed by atoms with Gasteiger partial charge in [-0.15, -0.1) is 0 Å². The van der Waals surface area contributed by atoms with E-state index >= 15 is 0 Å². The van der Waals surface area contributed by atoms with Gasteiger partial charge in [0.2, 0.25) is 5.91 Å². The van der Waals surface area contributed by atoms with Crippen LogP contribution in [0, 0.1) is 45.1 Å². The molecular weight excluding hydrogens is 783 g/mol. The van der Waals surface area contributed by atoms with E-state index in [9.17, 15) is 44.1 Å². The molecule has 2 aromatic rings. The molecule has 2 heterocycles. The predicted molar refractivity (Wildman–Crippen MR) is 164 cm³/mol. The molecule has 0 spiro atoms. The summed E-state index contributed by atoms with van der Waals surface area (Å²) in [5.41, 5.74) is 1.35. The number of esters is 1. The number of carboxylic acid groups (broad SMARTS) is 3. The summed E-state index contributed by atoms with van der Waals surface area (Å²) in [5.74, 6) is -4.83. The number of benzene rings is 1. The zero-order valence-electron chi connectivity index (χ0n) is 26.9. The first-order valence-corrected chi connectivity index (χ1v) is 14.9. The molecule has 0 unspecified atom stereocenters. The molecule has 3 rings (SSSR count). The van der Waals surface area contributed by atoms with E-state index in [1.807, 2.05) is 0 Å². The Morgan fingerprint density at radius 2 is 1.23 bits per heavy atom. The van der Waals surface area contributed by atoms with E-state index in [4.69, 9.17) is 4.74 Å². The second kappa shape index (κ2) is 21.0. The number of pyridine rings is 1. The minimum atomic E-state index is -1.31. The number of nitrogens with one attached hydrogen (secondary N) is 2. The quantitative estimate of drug-likeness (QED) is 0.150. The number of aromatic amines is 1. The first kappa shape index (κ1) is 42.9. The van der Waals surface area contributed by atoms with Gasteiger partial charge in [-0.3, -0.25) is 34.0 Å². The summed E-state index contributed by atoms with van der Waals surface area (Å²) in [6.45, 7) is 3.99. The van der Waals surface area contributed by atoms with Crippen molar-refractivity contribution in [1.82, 2.24) is 24.6 Å². The number of H-pyrrole nitrogens is 1. The van der Waals surface area contributed by atoms with Crippen molar-refractivity contribution in [1.29, 1.82) is 0 Å². The van der Waals surface area contributed by atoms with E-state index in [1.54, 1.807) is 51.6 Å². The summed E-state index contributed by atoms with van der Waals surface area (Å²) in [6, 6.07) is 4.99. The van der Waals surface area contributed by atoms with Gasteiger partial charge in [0.25, 0.3) is 5.56 Å². The smallest absolute Gasteiger partial charge is 0.549 e. The van der Waals surface area contributed by atoms with Crippen LogP contribution in [0.5, 0.6) is 0 Å². The molecule has 1 aliphatic heterocycles. The van der Waals surface area contributed by atoms with E-state index in [-0.39, 0.29) is 116 Å². The van der Waals surface area contributed by atoms with E-state index in [2.05, 4.69) is 10.3 Å². The van der Waals surface area contributed by atoms with Gasteiger partial charge in [-0.2, -0.15) is 0 Å². The first-order valence-electron chi connectivity index (χ1n) is 14.9. The van der Waals surface area contributed by atoms with Crippen molar-refractivity contribution in [3.05, 3.63) is 39.7 Å². The summed E-state index contributed by atoms with van der Waals surface area (Å²) >= 11 is 0. The second-order valence-electron chi connectivity index (χ2n) is 11.1. The summed E-state index contributed by atoms with van der Waals surface area (Å²) in [6.07, 6.45) is -0.169. The Hall–Kier alpha value is -3.15. The third-order valence-electron chi connectivity index (χ3n) is 7.66. The van der Waals surface area contributed by atoms with Crippen molar-refractivity contribution >= 4 is 46.4 Å². The van der Waals surface area contributed by atoms with Crippen LogP contribution in [0.15, 0.2) is 23.0 Å². The molecule has 267 valence electrons. The van der Waals surface area contributed by atoms with Crippen LogP contribution in [0.1, 0.15) is 18.1 Å². The Morgan fingerprint density at radius 3 is 1.65 bits per heavy atom. The second-order valence-corrected chi connectivity index (χ2v) is 11.1. The molecule has 1 fully saturated rings. The molecule has 1 aromatic carbocycles. The number of aryl methyl sites for hydroxylation is 1. The zero-order valence-corrected chi connectivity index (χ0v) is 28.9. The summed E-state index contributed by atoms with van der Waals surface area (Å²) in [7, 11) is 0. The number of rotatable bonds is 12. The van der Waals surface area contributed by atoms with Crippen LogP contribution in [0.25, 0.3) is 10.9 Å². The van der Waals surface area contributed by atoms with Crippen LogP contribution in [0.2, 0.25) is 0 Å². The van der Waals surface area contributed by atoms with E-state index in [0.717, 1.165) is 0 Å². The van der Waals surface area contributed by atoms with Gasteiger partial charge in [-0.25, -0.2) is 0 Å². The van der Waals surface area contributed by atoms with Crippen molar-refractivity contribution in [3.8, 4) is 0 Å². The number of nitrogens with zero attached hydrogens (tertiary/aromatic N) is 4. The number of aromatic nitrogens is 1. The Bertz CT molecular complexity index is 1460. The van der Waals surface area contributed by atoms with Gasteiger partial charge in [-0.05, 0) is 31.5 Å². The Balaban J connectivity index is 0.00000576. The number of aliphatic carboxylic acids is 3. The SMILES string of the molecule is CCOC(=O)Cc1c(C)c2ccc(NC(=O)CN3CCN(CC(=O)[O-])CCN(CC(=O)[O-])CCN(CC(=O)[O-])CC3)cc2[nH]c1=O.[Dy+3].[OH3+]. The number of carboxylic acids is 3. The Morgan fingerprint density at radius 1 is 0.792 bits per heavy atom. The van der Waals surface area contributed by atoms with Crippen LogP contribution in [-0.2, 0) is 40.6 Å². The van der Waals surface area contributed by atoms with E-state index in [0.29, 0.717) is 27.7 Å². The summed E-state index contributed by atoms with van der Waals surface area (Å²) < 4.78 is 4.97. The van der Waals surface area contributed by atoms with Gasteiger partial charge in [0.1, 0.15) is 0 Å². The number of carbonyl (C=O) groups excluding carboxylic acids is 5. The number of ether oxygens (including phenoxy) is 1. The molecule has 1 radical (unpaired) electrons. The van der Waals surface area contributed by atoms with Crippen molar-refractivity contribution in [2.45, 2.75) is 20.3 Å². The number of hydrogen-bond donors (Lipinski definition) is 2. The first-order chi connectivity index (χ1) is 21.8. The van der Waals surface area contributed by atoms with Crippen LogP contribution in [0.3, 0.4) is 0 Å². The van der Waals surface area contributed by atoms with Crippen LogP contribution in [-0.4, -0.2) is 140 Å².